The molecule has 0 radical (unpaired) electrons. The van der Waals surface area contributed by atoms with Crippen molar-refractivity contribution in [2.75, 3.05) is 37.5 Å². The molecule has 2 aliphatic rings. The van der Waals surface area contributed by atoms with Gasteiger partial charge in [0.1, 0.15) is 6.04 Å². The number of fused-ring (bicyclic) bond motifs is 1. The monoisotopic (exact) mass is 309 g/mol. The van der Waals surface area contributed by atoms with Gasteiger partial charge in [0, 0.05) is 31.5 Å². The maximum atomic E-state index is 11.9. The van der Waals surface area contributed by atoms with E-state index in [1.54, 1.807) is 14.2 Å². The molecule has 2 aliphatic heterocycles. The van der Waals surface area contributed by atoms with Crippen LogP contribution in [0.3, 0.4) is 0 Å². The molecule has 2 N–H and O–H groups in total. The zero-order valence-electron chi connectivity index (χ0n) is 12.3. The summed E-state index contributed by atoms with van der Waals surface area (Å²) in [4.78, 5) is 14.2. The van der Waals surface area contributed by atoms with Crippen molar-refractivity contribution >= 4 is 28.9 Å². The van der Waals surface area contributed by atoms with Crippen LogP contribution in [0, 0.1) is 0 Å². The standard InChI is InChI=1S/C15H20ClN3O2/c1-17-14-10-7-11(16)13(8-12(10)18-15(14)20)19-5-3-9(21-2)4-6-19/h7-9,14,17H,3-6H2,1-2H3,(H,18,20). The molecule has 0 spiro atoms. The summed E-state index contributed by atoms with van der Waals surface area (Å²) in [6.07, 6.45) is 2.33. The first kappa shape index (κ1) is 14.6. The number of carbonyl (C=O) groups excluding carboxylic acids is 1. The van der Waals surface area contributed by atoms with Crippen molar-refractivity contribution in [1.82, 2.24) is 5.32 Å². The summed E-state index contributed by atoms with van der Waals surface area (Å²) in [5, 5.41) is 6.62. The molecule has 0 saturated carbocycles. The second-order valence-electron chi connectivity index (χ2n) is 5.52. The highest BCUT2D eigenvalue weighted by atomic mass is 35.5. The molecule has 1 unspecified atom stereocenters. The molecule has 0 bridgehead atoms. The normalized spacial score (nSPS) is 22.3. The van der Waals surface area contributed by atoms with E-state index in [9.17, 15) is 4.79 Å². The van der Waals surface area contributed by atoms with Gasteiger partial charge in [-0.1, -0.05) is 11.6 Å². The van der Waals surface area contributed by atoms with Crippen LogP contribution in [0.2, 0.25) is 5.02 Å². The van der Waals surface area contributed by atoms with Crippen LogP contribution < -0.4 is 15.5 Å². The predicted molar refractivity (Wildman–Crippen MR) is 84.1 cm³/mol. The van der Waals surface area contributed by atoms with E-state index in [1.165, 1.54) is 0 Å². The number of halogens is 1. The first-order valence-electron chi connectivity index (χ1n) is 7.23. The molecule has 1 fully saturated rings. The van der Waals surface area contributed by atoms with Crippen LogP contribution in [0.5, 0.6) is 0 Å². The second-order valence-corrected chi connectivity index (χ2v) is 5.93. The number of rotatable bonds is 3. The van der Waals surface area contributed by atoms with E-state index in [-0.39, 0.29) is 11.9 Å². The Hall–Kier alpha value is -1.30. The molecular formula is C15H20ClN3O2. The average Bonchev–Trinajstić information content (AvgIpc) is 2.81. The van der Waals surface area contributed by atoms with Crippen LogP contribution in [-0.2, 0) is 9.53 Å². The topological polar surface area (TPSA) is 53.6 Å². The minimum absolute atomic E-state index is 0.0289. The Morgan fingerprint density at radius 2 is 2.10 bits per heavy atom. The van der Waals surface area contributed by atoms with E-state index in [1.807, 2.05) is 12.1 Å². The number of benzene rings is 1. The second kappa shape index (κ2) is 5.83. The first-order valence-corrected chi connectivity index (χ1v) is 7.61. The SMILES string of the molecule is CNC1C(=O)Nc2cc(N3CCC(OC)CC3)c(Cl)cc21. The summed E-state index contributed by atoms with van der Waals surface area (Å²) >= 11 is 6.44. The zero-order chi connectivity index (χ0) is 15.0. The maximum absolute atomic E-state index is 11.9. The lowest BCUT2D eigenvalue weighted by Gasteiger charge is -2.33. The van der Waals surface area contributed by atoms with Gasteiger partial charge >= 0.3 is 0 Å². The van der Waals surface area contributed by atoms with Gasteiger partial charge in [0.05, 0.1) is 16.8 Å². The molecule has 1 amide bonds. The molecular weight excluding hydrogens is 290 g/mol. The van der Waals surface area contributed by atoms with E-state index in [4.69, 9.17) is 16.3 Å². The summed E-state index contributed by atoms with van der Waals surface area (Å²) in [6.45, 7) is 1.83. The number of nitrogens with zero attached hydrogens (tertiary/aromatic N) is 1. The number of methoxy groups -OCH3 is 1. The van der Waals surface area contributed by atoms with Crippen LogP contribution in [-0.4, -0.2) is 39.3 Å². The van der Waals surface area contributed by atoms with Crippen LogP contribution >= 0.6 is 11.6 Å². The molecule has 3 rings (SSSR count). The Kier molecular flexibility index (Phi) is 4.06. The Morgan fingerprint density at radius 3 is 2.71 bits per heavy atom. The van der Waals surface area contributed by atoms with Gasteiger partial charge in [0.2, 0.25) is 5.91 Å². The van der Waals surface area contributed by atoms with Gasteiger partial charge in [0.25, 0.3) is 0 Å². The number of hydrogen-bond donors (Lipinski definition) is 2. The Labute approximate surface area is 129 Å². The lowest BCUT2D eigenvalue weighted by Crippen LogP contribution is -2.36. The summed E-state index contributed by atoms with van der Waals surface area (Å²) in [5.74, 6) is -0.0289. The first-order chi connectivity index (χ1) is 10.1. The lowest BCUT2D eigenvalue weighted by molar-refractivity contribution is -0.117. The summed E-state index contributed by atoms with van der Waals surface area (Å²) in [7, 11) is 3.53. The molecule has 1 atom stereocenters. The number of carbonyl (C=O) groups is 1. The van der Waals surface area contributed by atoms with Gasteiger partial charge in [0.15, 0.2) is 0 Å². The fourth-order valence-electron chi connectivity index (χ4n) is 3.13. The van der Waals surface area contributed by atoms with Crippen molar-refractivity contribution in [2.45, 2.75) is 25.0 Å². The molecule has 114 valence electrons. The van der Waals surface area contributed by atoms with Gasteiger partial charge in [-0.25, -0.2) is 0 Å². The lowest BCUT2D eigenvalue weighted by atomic mass is 10.0. The van der Waals surface area contributed by atoms with E-state index in [0.717, 1.165) is 42.9 Å². The van der Waals surface area contributed by atoms with Crippen molar-refractivity contribution in [3.05, 3.63) is 22.7 Å². The van der Waals surface area contributed by atoms with Gasteiger partial charge < -0.3 is 20.3 Å². The van der Waals surface area contributed by atoms with E-state index >= 15 is 0 Å². The fourth-order valence-corrected chi connectivity index (χ4v) is 3.42. The fraction of sp³-hybridized carbons (Fsp3) is 0.533. The third kappa shape index (κ3) is 2.61. The quantitative estimate of drug-likeness (QED) is 0.898. The smallest absolute Gasteiger partial charge is 0.246 e. The van der Waals surface area contributed by atoms with Crippen molar-refractivity contribution in [1.29, 1.82) is 0 Å². The van der Waals surface area contributed by atoms with Gasteiger partial charge in [-0.2, -0.15) is 0 Å². The molecule has 2 heterocycles. The molecule has 0 aliphatic carbocycles. The molecule has 21 heavy (non-hydrogen) atoms. The molecule has 1 aromatic carbocycles. The number of hydrogen-bond acceptors (Lipinski definition) is 4. The number of likely N-dealkylation sites (N-methyl/N-ethyl adjacent to an activating group) is 1. The minimum atomic E-state index is -0.314. The van der Waals surface area contributed by atoms with Crippen molar-refractivity contribution in [3.8, 4) is 0 Å². The highest BCUT2D eigenvalue weighted by molar-refractivity contribution is 6.33. The molecule has 1 saturated heterocycles. The number of amides is 1. The third-order valence-electron chi connectivity index (χ3n) is 4.35. The summed E-state index contributed by atoms with van der Waals surface area (Å²) in [5.41, 5.74) is 2.76. The molecule has 5 nitrogen and oxygen atoms in total. The number of nitrogens with one attached hydrogen (secondary N) is 2. The molecule has 6 heteroatoms. The average molecular weight is 310 g/mol. The van der Waals surface area contributed by atoms with Crippen molar-refractivity contribution in [3.63, 3.8) is 0 Å². The van der Waals surface area contributed by atoms with Gasteiger partial charge in [-0.05, 0) is 32.0 Å². The van der Waals surface area contributed by atoms with Crippen molar-refractivity contribution in [2.24, 2.45) is 0 Å². The van der Waals surface area contributed by atoms with Crippen LogP contribution in [0.1, 0.15) is 24.4 Å². The Balaban J connectivity index is 1.86. The zero-order valence-corrected chi connectivity index (χ0v) is 13.0. The minimum Gasteiger partial charge on any atom is -0.381 e. The van der Waals surface area contributed by atoms with E-state index in [2.05, 4.69) is 15.5 Å². The Morgan fingerprint density at radius 1 is 1.38 bits per heavy atom. The highest BCUT2D eigenvalue weighted by Gasteiger charge is 2.31. The van der Waals surface area contributed by atoms with Gasteiger partial charge in [-0.15, -0.1) is 0 Å². The maximum Gasteiger partial charge on any atom is 0.246 e. The number of ether oxygens (including phenoxy) is 1. The largest absolute Gasteiger partial charge is 0.381 e. The van der Waals surface area contributed by atoms with Crippen molar-refractivity contribution < 1.29 is 9.53 Å². The highest BCUT2D eigenvalue weighted by Crippen LogP contribution is 2.39. The number of piperidine rings is 1. The molecule has 0 aromatic heterocycles. The molecule has 1 aromatic rings. The summed E-state index contributed by atoms with van der Waals surface area (Å²) in [6, 6.07) is 3.57. The van der Waals surface area contributed by atoms with Gasteiger partial charge in [-0.3, -0.25) is 4.79 Å². The number of anilines is 2. The third-order valence-corrected chi connectivity index (χ3v) is 4.66. The van der Waals surface area contributed by atoms with Crippen LogP contribution in [0.4, 0.5) is 11.4 Å². The predicted octanol–water partition coefficient (Wildman–Crippen LogP) is 2.17. The van der Waals surface area contributed by atoms with Crippen LogP contribution in [0.15, 0.2) is 12.1 Å². The van der Waals surface area contributed by atoms with Crippen LogP contribution in [0.25, 0.3) is 0 Å². The summed E-state index contributed by atoms with van der Waals surface area (Å²) < 4.78 is 5.40. The van der Waals surface area contributed by atoms with E-state index < -0.39 is 0 Å². The Bertz CT molecular complexity index is 556. The van der Waals surface area contributed by atoms with E-state index in [0.29, 0.717) is 11.1 Å².